The maximum absolute atomic E-state index is 12.8. The molecule has 0 bridgehead atoms. The summed E-state index contributed by atoms with van der Waals surface area (Å²) in [5.41, 5.74) is -3.41. The Bertz CT molecular complexity index is 602. The molecule has 1 heterocycles. The van der Waals surface area contributed by atoms with Crippen molar-refractivity contribution in [3.8, 4) is 0 Å². The van der Waals surface area contributed by atoms with Gasteiger partial charge in [-0.25, -0.2) is 0 Å². The number of allylic oxidation sites excluding steroid dienone is 2. The van der Waals surface area contributed by atoms with Crippen LogP contribution >= 0.6 is 11.6 Å². The van der Waals surface area contributed by atoms with Crippen molar-refractivity contribution in [1.82, 2.24) is 0 Å². The van der Waals surface area contributed by atoms with Crippen LogP contribution in [0.3, 0.4) is 0 Å². The van der Waals surface area contributed by atoms with Crippen LogP contribution in [0.4, 0.5) is 32.0 Å². The Balaban J connectivity index is 2.58. The van der Waals surface area contributed by atoms with Crippen LogP contribution in [-0.2, 0) is 12.4 Å². The maximum atomic E-state index is 12.8. The van der Waals surface area contributed by atoms with Gasteiger partial charge in [0.15, 0.2) is 0 Å². The molecule has 1 atom stereocenters. The molecule has 0 amide bonds. The van der Waals surface area contributed by atoms with Gasteiger partial charge in [0.05, 0.1) is 16.2 Å². The number of alkyl halides is 6. The zero-order valence-corrected chi connectivity index (χ0v) is 11.3. The number of aliphatic hydroxyl groups is 1. The summed E-state index contributed by atoms with van der Waals surface area (Å²) in [7, 11) is 0. The van der Waals surface area contributed by atoms with Crippen LogP contribution in [0.15, 0.2) is 41.6 Å². The normalized spacial score (nSPS) is 19.4. The van der Waals surface area contributed by atoms with Gasteiger partial charge >= 0.3 is 12.4 Å². The Hall–Kier alpha value is -1.67. The SMILES string of the molecule is OC1C=CC(Cl)=CN1c1cc(C(F)(F)F)cc(C(F)(F)F)c1. The lowest BCUT2D eigenvalue weighted by Crippen LogP contribution is -2.31. The van der Waals surface area contributed by atoms with Gasteiger partial charge in [0.25, 0.3) is 0 Å². The summed E-state index contributed by atoms with van der Waals surface area (Å²) in [6.07, 6.45) is -7.88. The highest BCUT2D eigenvalue weighted by atomic mass is 35.5. The molecule has 0 aromatic heterocycles. The molecule has 0 saturated carbocycles. The third-order valence-electron chi connectivity index (χ3n) is 2.85. The van der Waals surface area contributed by atoms with Gasteiger partial charge < -0.3 is 10.0 Å². The highest BCUT2D eigenvalue weighted by molar-refractivity contribution is 6.31. The number of hydrogen-bond acceptors (Lipinski definition) is 2. The Morgan fingerprint density at radius 1 is 0.955 bits per heavy atom. The van der Waals surface area contributed by atoms with E-state index in [1.54, 1.807) is 0 Å². The smallest absolute Gasteiger partial charge is 0.370 e. The van der Waals surface area contributed by atoms with Crippen molar-refractivity contribution in [2.45, 2.75) is 18.6 Å². The molecule has 22 heavy (non-hydrogen) atoms. The first-order chi connectivity index (χ1) is 9.98. The molecule has 120 valence electrons. The van der Waals surface area contributed by atoms with Crippen molar-refractivity contribution >= 4 is 17.3 Å². The average Bonchev–Trinajstić information content (AvgIpc) is 2.39. The van der Waals surface area contributed by atoms with Crippen LogP contribution in [0.1, 0.15) is 11.1 Å². The number of hydrogen-bond donors (Lipinski definition) is 1. The van der Waals surface area contributed by atoms with Crippen LogP contribution in [0.25, 0.3) is 0 Å². The van der Waals surface area contributed by atoms with Gasteiger partial charge in [0.1, 0.15) is 6.23 Å². The van der Waals surface area contributed by atoms with E-state index >= 15 is 0 Å². The number of halogens is 7. The van der Waals surface area contributed by atoms with Crippen LogP contribution in [0.5, 0.6) is 0 Å². The number of aliphatic hydroxyl groups excluding tert-OH is 1. The van der Waals surface area contributed by atoms with Gasteiger partial charge in [0, 0.05) is 11.9 Å². The van der Waals surface area contributed by atoms with E-state index in [2.05, 4.69) is 0 Å². The van der Waals surface area contributed by atoms with Gasteiger partial charge in [-0.05, 0) is 30.4 Å². The van der Waals surface area contributed by atoms with E-state index in [0.29, 0.717) is 12.1 Å². The molecule has 0 spiro atoms. The lowest BCUT2D eigenvalue weighted by Gasteiger charge is -2.28. The summed E-state index contributed by atoms with van der Waals surface area (Å²) in [5, 5.41) is 9.75. The third kappa shape index (κ3) is 3.56. The van der Waals surface area contributed by atoms with E-state index in [0.717, 1.165) is 17.2 Å². The summed E-state index contributed by atoms with van der Waals surface area (Å²) in [6.45, 7) is 0. The number of anilines is 1. The van der Waals surface area contributed by atoms with Gasteiger partial charge in [-0.1, -0.05) is 11.6 Å². The molecule has 1 aliphatic rings. The molecule has 1 aliphatic heterocycles. The first-order valence-corrected chi connectivity index (χ1v) is 6.18. The van der Waals surface area contributed by atoms with Crippen LogP contribution in [-0.4, -0.2) is 11.3 Å². The topological polar surface area (TPSA) is 23.5 Å². The quantitative estimate of drug-likeness (QED) is 0.759. The zero-order valence-electron chi connectivity index (χ0n) is 10.6. The predicted octanol–water partition coefficient (Wildman–Crippen LogP) is 4.50. The predicted molar refractivity (Wildman–Crippen MR) is 68.0 cm³/mol. The van der Waals surface area contributed by atoms with E-state index in [1.807, 2.05) is 0 Å². The van der Waals surface area contributed by atoms with Gasteiger partial charge in [-0.15, -0.1) is 0 Å². The van der Waals surface area contributed by atoms with Crippen molar-refractivity contribution in [2.75, 3.05) is 4.90 Å². The fourth-order valence-corrected chi connectivity index (χ4v) is 2.02. The monoisotopic (exact) mass is 343 g/mol. The molecule has 9 heteroatoms. The molecular weight excluding hydrogens is 336 g/mol. The lowest BCUT2D eigenvalue weighted by atomic mass is 10.1. The fraction of sp³-hybridized carbons (Fsp3) is 0.231. The lowest BCUT2D eigenvalue weighted by molar-refractivity contribution is -0.143. The van der Waals surface area contributed by atoms with E-state index in [-0.39, 0.29) is 11.1 Å². The third-order valence-corrected chi connectivity index (χ3v) is 3.07. The number of rotatable bonds is 1. The van der Waals surface area contributed by atoms with Gasteiger partial charge in [0.2, 0.25) is 0 Å². The maximum Gasteiger partial charge on any atom is 0.416 e. The Labute approximate surface area is 125 Å². The van der Waals surface area contributed by atoms with Crippen molar-refractivity contribution in [1.29, 1.82) is 0 Å². The van der Waals surface area contributed by atoms with Crippen LogP contribution in [0, 0.1) is 0 Å². The first kappa shape index (κ1) is 16.7. The first-order valence-electron chi connectivity index (χ1n) is 5.80. The highest BCUT2D eigenvalue weighted by Crippen LogP contribution is 2.39. The Morgan fingerprint density at radius 2 is 1.45 bits per heavy atom. The summed E-state index contributed by atoms with van der Waals surface area (Å²) >= 11 is 5.66. The minimum Gasteiger partial charge on any atom is -0.370 e. The summed E-state index contributed by atoms with van der Waals surface area (Å²) in [5.74, 6) is 0. The molecule has 0 radical (unpaired) electrons. The molecular formula is C13H8ClF6NO. The standard InChI is InChI=1S/C13H8ClF6NO/c14-9-1-2-11(22)21(6-9)10-4-7(12(15,16)17)3-8(5-10)13(18,19)20/h1-6,11,22H. The second-order valence-electron chi connectivity index (χ2n) is 4.46. The highest BCUT2D eigenvalue weighted by Gasteiger charge is 2.37. The van der Waals surface area contributed by atoms with Crippen LogP contribution < -0.4 is 4.90 Å². The largest absolute Gasteiger partial charge is 0.416 e. The van der Waals surface area contributed by atoms with Gasteiger partial charge in [-0.3, -0.25) is 0 Å². The van der Waals surface area contributed by atoms with Crippen molar-refractivity contribution in [3.05, 3.63) is 52.7 Å². The van der Waals surface area contributed by atoms with E-state index < -0.39 is 35.4 Å². The molecule has 2 nitrogen and oxygen atoms in total. The zero-order chi connectivity index (χ0) is 16.7. The molecule has 1 aromatic carbocycles. The molecule has 1 N–H and O–H groups in total. The number of nitrogens with zero attached hydrogens (tertiary/aromatic N) is 1. The average molecular weight is 344 g/mol. The van der Waals surface area contributed by atoms with Crippen molar-refractivity contribution in [2.24, 2.45) is 0 Å². The summed E-state index contributed by atoms with van der Waals surface area (Å²) in [6, 6.07) is 1.04. The van der Waals surface area contributed by atoms with Gasteiger partial charge in [-0.2, -0.15) is 26.3 Å². The molecule has 0 saturated heterocycles. The van der Waals surface area contributed by atoms with E-state index in [1.165, 1.54) is 6.08 Å². The molecule has 2 rings (SSSR count). The van der Waals surface area contributed by atoms with Crippen molar-refractivity contribution in [3.63, 3.8) is 0 Å². The molecule has 0 aliphatic carbocycles. The minimum atomic E-state index is -4.96. The van der Waals surface area contributed by atoms with E-state index in [9.17, 15) is 31.4 Å². The fourth-order valence-electron chi connectivity index (χ4n) is 1.84. The summed E-state index contributed by atoms with van der Waals surface area (Å²) < 4.78 is 76.6. The van der Waals surface area contributed by atoms with E-state index in [4.69, 9.17) is 11.6 Å². The second-order valence-corrected chi connectivity index (χ2v) is 4.89. The van der Waals surface area contributed by atoms with Crippen LogP contribution in [0.2, 0.25) is 0 Å². The Kier molecular flexibility index (Phi) is 4.18. The van der Waals surface area contributed by atoms with Crippen molar-refractivity contribution < 1.29 is 31.4 Å². The second kappa shape index (κ2) is 5.51. The Morgan fingerprint density at radius 3 is 1.91 bits per heavy atom. The summed E-state index contributed by atoms with van der Waals surface area (Å²) in [4.78, 5) is 0.812. The minimum absolute atomic E-state index is 0.0149. The number of benzene rings is 1. The molecule has 0 fully saturated rings. The molecule has 1 unspecified atom stereocenters. The molecule has 1 aromatic rings.